The van der Waals surface area contributed by atoms with Crippen LogP contribution in [-0.2, 0) is 19.1 Å². The molecule has 0 aromatic heterocycles. The lowest BCUT2D eigenvalue weighted by atomic mass is 9.95. The van der Waals surface area contributed by atoms with Gasteiger partial charge in [-0.2, -0.15) is 0 Å². The lowest BCUT2D eigenvalue weighted by molar-refractivity contribution is -0.171. The average Bonchev–Trinajstić information content (AvgIpc) is 2.45. The van der Waals surface area contributed by atoms with E-state index in [1.165, 1.54) is 12.1 Å². The summed E-state index contributed by atoms with van der Waals surface area (Å²) in [6, 6.07) is 3.43. The highest BCUT2D eigenvalue weighted by molar-refractivity contribution is 6.03. The zero-order valence-corrected chi connectivity index (χ0v) is 12.9. The van der Waals surface area contributed by atoms with Crippen LogP contribution >= 0.6 is 0 Å². The summed E-state index contributed by atoms with van der Waals surface area (Å²) in [4.78, 5) is 56.7. The molecule has 0 amide bonds. The molecule has 0 aliphatic heterocycles. The lowest BCUT2D eigenvalue weighted by Crippen LogP contribution is -2.47. The van der Waals surface area contributed by atoms with Crippen molar-refractivity contribution in [3.8, 4) is 5.75 Å². The Hall–Kier alpha value is -3.43. The van der Waals surface area contributed by atoms with Gasteiger partial charge < -0.3 is 25.2 Å². The summed E-state index contributed by atoms with van der Waals surface area (Å²) in [5, 5.41) is 36.8. The highest BCUT2D eigenvalue weighted by Crippen LogP contribution is 2.28. The van der Waals surface area contributed by atoms with Crippen molar-refractivity contribution in [1.82, 2.24) is 0 Å². The first-order chi connectivity index (χ1) is 11.5. The summed E-state index contributed by atoms with van der Waals surface area (Å²) >= 11 is 0. The molecule has 0 saturated heterocycles. The second-order valence-corrected chi connectivity index (χ2v) is 5.09. The number of carboxylic acids is 3. The van der Waals surface area contributed by atoms with Crippen LogP contribution in [0.25, 0.3) is 0 Å². The van der Waals surface area contributed by atoms with Gasteiger partial charge in [0.25, 0.3) is 0 Å². The molecule has 10 nitrogen and oxygen atoms in total. The number of carboxylic acid groups (broad SMARTS) is 3. The number of Topliss-reactive ketones (excluding diaryl/α,β-unsaturated/α-hetero) is 1. The van der Waals surface area contributed by atoms with Gasteiger partial charge in [0.1, 0.15) is 11.3 Å². The van der Waals surface area contributed by atoms with E-state index in [1.54, 1.807) is 0 Å². The Morgan fingerprint density at radius 2 is 1.44 bits per heavy atom. The number of ether oxygens (including phenoxy) is 1. The number of aromatic hydroxyl groups is 1. The molecule has 1 rings (SSSR count). The summed E-state index contributed by atoms with van der Waals surface area (Å²) in [6.45, 7) is 1.11. The Morgan fingerprint density at radius 1 is 0.960 bits per heavy atom. The summed E-state index contributed by atoms with van der Waals surface area (Å²) < 4.78 is 4.65. The molecule has 10 heteroatoms. The Bertz CT molecular complexity index is 733. The van der Waals surface area contributed by atoms with Crippen molar-refractivity contribution in [3.63, 3.8) is 0 Å². The monoisotopic (exact) mass is 354 g/mol. The summed E-state index contributed by atoms with van der Waals surface area (Å²) in [5.41, 5.74) is -3.73. The van der Waals surface area contributed by atoms with Crippen LogP contribution in [0.15, 0.2) is 18.2 Å². The molecule has 1 aromatic carbocycles. The van der Waals surface area contributed by atoms with Crippen molar-refractivity contribution >= 4 is 29.7 Å². The van der Waals surface area contributed by atoms with Gasteiger partial charge in [-0.05, 0) is 19.1 Å². The third-order valence-electron chi connectivity index (χ3n) is 3.19. The minimum atomic E-state index is -2.88. The molecular weight excluding hydrogens is 340 g/mol. The molecule has 25 heavy (non-hydrogen) atoms. The summed E-state index contributed by atoms with van der Waals surface area (Å²) in [5.74, 6) is -8.26. The zero-order chi connectivity index (χ0) is 19.4. The zero-order valence-electron chi connectivity index (χ0n) is 12.9. The van der Waals surface area contributed by atoms with Gasteiger partial charge in [-0.25, -0.2) is 9.59 Å². The fourth-order valence-electron chi connectivity index (χ4n) is 2.04. The van der Waals surface area contributed by atoms with Crippen molar-refractivity contribution in [1.29, 1.82) is 0 Å². The molecule has 0 aliphatic rings. The first-order valence-corrected chi connectivity index (χ1v) is 6.73. The number of carbonyl (C=O) groups is 5. The highest BCUT2D eigenvalue weighted by atomic mass is 16.6. The van der Waals surface area contributed by atoms with Crippen molar-refractivity contribution in [2.24, 2.45) is 0 Å². The third-order valence-corrected chi connectivity index (χ3v) is 3.19. The molecule has 0 radical (unpaired) electrons. The maximum absolute atomic E-state index is 12.2. The predicted octanol–water partition coefficient (Wildman–Crippen LogP) is 0.524. The smallest absolute Gasteiger partial charge is 0.349 e. The van der Waals surface area contributed by atoms with Crippen LogP contribution in [0.3, 0.4) is 0 Å². The second kappa shape index (κ2) is 7.43. The van der Waals surface area contributed by atoms with Gasteiger partial charge >= 0.3 is 23.9 Å². The van der Waals surface area contributed by atoms with E-state index in [2.05, 4.69) is 4.74 Å². The van der Waals surface area contributed by atoms with E-state index in [1.807, 2.05) is 0 Å². The number of rotatable bonds is 8. The first kappa shape index (κ1) is 19.6. The number of phenols is 1. The summed E-state index contributed by atoms with van der Waals surface area (Å²) in [7, 11) is 0. The quantitative estimate of drug-likeness (QED) is 0.380. The van der Waals surface area contributed by atoms with E-state index in [0.717, 1.165) is 13.0 Å². The van der Waals surface area contributed by atoms with Crippen LogP contribution in [0.2, 0.25) is 0 Å². The van der Waals surface area contributed by atoms with E-state index in [0.29, 0.717) is 0 Å². The van der Waals surface area contributed by atoms with Crippen LogP contribution in [0.1, 0.15) is 40.5 Å². The molecule has 4 N–H and O–H groups in total. The standard InChI is InChI=1S/C15H14O10/c1-7(16)8-3-2-4-9(12(8)21)13(22)25-15(14(23)24,5-10(17)18)6-11(19)20/h2-4,21H,5-6H2,1H3,(H,17,18)(H,19,20)(H,23,24). The minimum Gasteiger partial charge on any atom is -0.506 e. The molecule has 0 bridgehead atoms. The van der Waals surface area contributed by atoms with E-state index >= 15 is 0 Å². The second-order valence-electron chi connectivity index (χ2n) is 5.09. The highest BCUT2D eigenvalue weighted by Gasteiger charge is 2.47. The molecule has 1 aromatic rings. The average molecular weight is 354 g/mol. The van der Waals surface area contributed by atoms with Gasteiger partial charge in [-0.15, -0.1) is 0 Å². The van der Waals surface area contributed by atoms with Gasteiger partial charge in [0, 0.05) is 0 Å². The van der Waals surface area contributed by atoms with E-state index < -0.39 is 59.4 Å². The molecule has 0 fully saturated rings. The number of phenolic OH excluding ortho intramolecular Hbond substituents is 1. The number of aliphatic carboxylic acids is 3. The van der Waals surface area contributed by atoms with Crippen LogP contribution in [0, 0.1) is 0 Å². The molecule has 0 spiro atoms. The number of esters is 1. The number of hydrogen-bond donors (Lipinski definition) is 4. The van der Waals surface area contributed by atoms with Crippen molar-refractivity contribution in [2.75, 3.05) is 0 Å². The van der Waals surface area contributed by atoms with Gasteiger partial charge in [-0.3, -0.25) is 14.4 Å². The van der Waals surface area contributed by atoms with Gasteiger partial charge in [-0.1, -0.05) is 6.07 Å². The Labute approximate surface area is 140 Å². The number of benzene rings is 1. The minimum absolute atomic E-state index is 0.244. The molecule has 0 atom stereocenters. The maximum atomic E-state index is 12.2. The summed E-state index contributed by atoms with van der Waals surface area (Å²) in [6.07, 6.45) is -2.62. The van der Waals surface area contributed by atoms with Gasteiger partial charge in [0.2, 0.25) is 5.60 Å². The van der Waals surface area contributed by atoms with Crippen LogP contribution in [0.5, 0.6) is 5.75 Å². The SMILES string of the molecule is CC(=O)c1cccc(C(=O)OC(CC(=O)O)(CC(=O)O)C(=O)O)c1O. The number of para-hydroxylation sites is 1. The number of carbonyl (C=O) groups excluding carboxylic acids is 2. The normalized spacial score (nSPS) is 10.8. The van der Waals surface area contributed by atoms with E-state index in [-0.39, 0.29) is 5.56 Å². The van der Waals surface area contributed by atoms with Crippen molar-refractivity contribution < 1.29 is 49.1 Å². The molecule has 0 heterocycles. The van der Waals surface area contributed by atoms with E-state index in [4.69, 9.17) is 10.2 Å². The predicted molar refractivity (Wildman–Crippen MR) is 78.4 cm³/mol. The van der Waals surface area contributed by atoms with Crippen LogP contribution in [-0.4, -0.2) is 55.7 Å². The van der Waals surface area contributed by atoms with E-state index in [9.17, 15) is 34.2 Å². The Morgan fingerprint density at radius 3 is 1.84 bits per heavy atom. The first-order valence-electron chi connectivity index (χ1n) is 6.73. The topological polar surface area (TPSA) is 176 Å². The Balaban J connectivity index is 3.33. The molecule has 0 aliphatic carbocycles. The Kier molecular flexibility index (Phi) is 5.83. The van der Waals surface area contributed by atoms with Gasteiger partial charge in [0.15, 0.2) is 5.78 Å². The van der Waals surface area contributed by atoms with Crippen LogP contribution < -0.4 is 0 Å². The largest absolute Gasteiger partial charge is 0.506 e. The maximum Gasteiger partial charge on any atom is 0.349 e. The van der Waals surface area contributed by atoms with Crippen molar-refractivity contribution in [2.45, 2.75) is 25.4 Å². The lowest BCUT2D eigenvalue weighted by Gasteiger charge is -2.26. The number of hydrogen-bond acceptors (Lipinski definition) is 7. The van der Waals surface area contributed by atoms with Crippen molar-refractivity contribution in [3.05, 3.63) is 29.3 Å². The fraction of sp³-hybridized carbons (Fsp3) is 0.267. The fourth-order valence-corrected chi connectivity index (χ4v) is 2.04. The molecular formula is C15H14O10. The number of ketones is 1. The molecule has 134 valence electrons. The van der Waals surface area contributed by atoms with Crippen LogP contribution in [0.4, 0.5) is 0 Å². The van der Waals surface area contributed by atoms with Gasteiger partial charge in [0.05, 0.1) is 18.4 Å². The third kappa shape index (κ3) is 4.53. The molecule has 0 saturated carbocycles. The molecule has 0 unspecified atom stereocenters.